The molecule has 1 aliphatic rings. The van der Waals surface area contributed by atoms with Crippen LogP contribution in [0.25, 0.3) is 0 Å². The van der Waals surface area contributed by atoms with Gasteiger partial charge in [0.1, 0.15) is 0 Å². The summed E-state index contributed by atoms with van der Waals surface area (Å²) < 4.78 is 11.4. The van der Waals surface area contributed by atoms with E-state index in [1.54, 1.807) is 0 Å². The first-order valence-corrected chi connectivity index (χ1v) is 7.36. The molecule has 1 aromatic heterocycles. The predicted octanol–water partition coefficient (Wildman–Crippen LogP) is 2.73. The molecule has 3 rings (SSSR count). The van der Waals surface area contributed by atoms with Crippen LogP contribution in [0.4, 0.5) is 0 Å². The molecule has 0 saturated heterocycles. The summed E-state index contributed by atoms with van der Waals surface area (Å²) in [5.74, 6) is 1.69. The Morgan fingerprint density at radius 2 is 2.10 bits per heavy atom. The van der Waals surface area contributed by atoms with Crippen LogP contribution < -0.4 is 14.8 Å². The van der Waals surface area contributed by atoms with Crippen molar-refractivity contribution in [3.05, 3.63) is 41.2 Å². The van der Waals surface area contributed by atoms with Crippen molar-refractivity contribution in [2.24, 2.45) is 0 Å². The Balaban J connectivity index is 1.68. The van der Waals surface area contributed by atoms with Crippen LogP contribution in [0.5, 0.6) is 11.5 Å². The quantitative estimate of drug-likeness (QED) is 0.907. The van der Waals surface area contributed by atoms with E-state index in [1.807, 2.05) is 19.2 Å². The number of aromatic nitrogens is 2. The fourth-order valence-electron chi connectivity index (χ4n) is 2.38. The SMILES string of the molecule is Cc1[nH]ncc1CN[C@@H](C)c1ccc2c(c1)OCCCO2. The first-order valence-electron chi connectivity index (χ1n) is 7.36. The van der Waals surface area contributed by atoms with E-state index in [1.165, 1.54) is 11.1 Å². The first-order chi connectivity index (χ1) is 10.2. The molecule has 112 valence electrons. The number of H-pyrrole nitrogens is 1. The molecule has 21 heavy (non-hydrogen) atoms. The second kappa shape index (κ2) is 6.18. The van der Waals surface area contributed by atoms with E-state index in [4.69, 9.17) is 9.47 Å². The van der Waals surface area contributed by atoms with E-state index in [-0.39, 0.29) is 6.04 Å². The van der Waals surface area contributed by atoms with Crippen molar-refractivity contribution in [2.45, 2.75) is 32.9 Å². The highest BCUT2D eigenvalue weighted by Gasteiger charge is 2.13. The maximum absolute atomic E-state index is 5.74. The summed E-state index contributed by atoms with van der Waals surface area (Å²) in [4.78, 5) is 0. The minimum absolute atomic E-state index is 0.233. The van der Waals surface area contributed by atoms with Crippen LogP contribution in [0, 0.1) is 6.92 Å². The number of nitrogens with zero attached hydrogens (tertiary/aromatic N) is 1. The summed E-state index contributed by atoms with van der Waals surface area (Å²) in [7, 11) is 0. The van der Waals surface area contributed by atoms with Crippen molar-refractivity contribution >= 4 is 0 Å². The van der Waals surface area contributed by atoms with E-state index in [0.29, 0.717) is 6.61 Å². The third-order valence-corrected chi connectivity index (χ3v) is 3.80. The Kier molecular flexibility index (Phi) is 4.10. The highest BCUT2D eigenvalue weighted by Crippen LogP contribution is 2.32. The fourth-order valence-corrected chi connectivity index (χ4v) is 2.38. The number of rotatable bonds is 4. The van der Waals surface area contributed by atoms with Gasteiger partial charge >= 0.3 is 0 Å². The molecule has 0 bridgehead atoms. The summed E-state index contributed by atoms with van der Waals surface area (Å²) >= 11 is 0. The van der Waals surface area contributed by atoms with Crippen molar-refractivity contribution in [1.29, 1.82) is 0 Å². The lowest BCUT2D eigenvalue weighted by Gasteiger charge is -2.16. The lowest BCUT2D eigenvalue weighted by molar-refractivity contribution is 0.297. The van der Waals surface area contributed by atoms with Gasteiger partial charge in [-0.15, -0.1) is 0 Å². The monoisotopic (exact) mass is 287 g/mol. The molecule has 2 N–H and O–H groups in total. The molecule has 0 radical (unpaired) electrons. The molecule has 0 aliphatic carbocycles. The Hall–Kier alpha value is -2.01. The van der Waals surface area contributed by atoms with Gasteiger partial charge in [-0.05, 0) is 31.5 Å². The molecule has 1 aromatic carbocycles. The molecule has 0 spiro atoms. The van der Waals surface area contributed by atoms with Crippen LogP contribution in [-0.2, 0) is 6.54 Å². The van der Waals surface area contributed by atoms with E-state index >= 15 is 0 Å². The predicted molar refractivity (Wildman–Crippen MR) is 80.6 cm³/mol. The van der Waals surface area contributed by atoms with Gasteiger partial charge in [0.15, 0.2) is 11.5 Å². The van der Waals surface area contributed by atoms with Crippen molar-refractivity contribution in [2.75, 3.05) is 13.2 Å². The Morgan fingerprint density at radius 1 is 1.29 bits per heavy atom. The van der Waals surface area contributed by atoms with Gasteiger partial charge in [0.2, 0.25) is 0 Å². The molecular formula is C16H21N3O2. The fraction of sp³-hybridized carbons (Fsp3) is 0.438. The van der Waals surface area contributed by atoms with Crippen LogP contribution in [0.3, 0.4) is 0 Å². The molecule has 0 amide bonds. The maximum Gasteiger partial charge on any atom is 0.161 e. The number of nitrogens with one attached hydrogen (secondary N) is 2. The molecule has 1 atom stereocenters. The zero-order chi connectivity index (χ0) is 14.7. The number of aryl methyl sites for hydroxylation is 1. The third-order valence-electron chi connectivity index (χ3n) is 3.80. The van der Waals surface area contributed by atoms with Gasteiger partial charge in [0.05, 0.1) is 19.4 Å². The van der Waals surface area contributed by atoms with Crippen LogP contribution in [-0.4, -0.2) is 23.4 Å². The number of hydrogen-bond acceptors (Lipinski definition) is 4. The Labute approximate surface area is 124 Å². The normalized spacial score (nSPS) is 15.5. The number of ether oxygens (including phenoxy) is 2. The van der Waals surface area contributed by atoms with E-state index < -0.39 is 0 Å². The molecular weight excluding hydrogens is 266 g/mol. The maximum atomic E-state index is 5.74. The standard InChI is InChI=1S/C16H21N3O2/c1-11(17-9-14-10-18-19-12(14)2)13-4-5-15-16(8-13)21-7-3-6-20-15/h4-5,8,10-11,17H,3,6-7,9H2,1-2H3,(H,18,19)/t11-/m0/s1. The zero-order valence-electron chi connectivity index (χ0n) is 12.5. The van der Waals surface area contributed by atoms with Crippen molar-refractivity contribution in [3.63, 3.8) is 0 Å². The number of hydrogen-bond donors (Lipinski definition) is 2. The lowest BCUT2D eigenvalue weighted by Crippen LogP contribution is -2.18. The minimum Gasteiger partial charge on any atom is -0.490 e. The largest absolute Gasteiger partial charge is 0.490 e. The second-order valence-electron chi connectivity index (χ2n) is 5.38. The molecule has 0 saturated carbocycles. The molecule has 1 aliphatic heterocycles. The van der Waals surface area contributed by atoms with Gasteiger partial charge in [-0.1, -0.05) is 6.07 Å². The molecule has 5 nitrogen and oxygen atoms in total. The topological polar surface area (TPSA) is 59.2 Å². The minimum atomic E-state index is 0.233. The van der Waals surface area contributed by atoms with Gasteiger partial charge in [-0.25, -0.2) is 0 Å². The smallest absolute Gasteiger partial charge is 0.161 e. The second-order valence-corrected chi connectivity index (χ2v) is 5.38. The highest BCUT2D eigenvalue weighted by molar-refractivity contribution is 5.44. The van der Waals surface area contributed by atoms with Crippen molar-refractivity contribution in [1.82, 2.24) is 15.5 Å². The number of aromatic amines is 1. The average molecular weight is 287 g/mol. The molecule has 2 heterocycles. The van der Waals surface area contributed by atoms with Gasteiger partial charge in [0.25, 0.3) is 0 Å². The van der Waals surface area contributed by atoms with Crippen LogP contribution >= 0.6 is 0 Å². The van der Waals surface area contributed by atoms with E-state index in [0.717, 1.165) is 36.8 Å². The summed E-state index contributed by atoms with van der Waals surface area (Å²) in [6.07, 6.45) is 2.79. The molecule has 0 fully saturated rings. The third kappa shape index (κ3) is 3.19. The Morgan fingerprint density at radius 3 is 2.86 bits per heavy atom. The van der Waals surface area contributed by atoms with Crippen molar-refractivity contribution < 1.29 is 9.47 Å². The molecule has 0 unspecified atom stereocenters. The van der Waals surface area contributed by atoms with Crippen LogP contribution in [0.15, 0.2) is 24.4 Å². The summed E-state index contributed by atoms with van der Waals surface area (Å²) in [5, 5.41) is 10.5. The van der Waals surface area contributed by atoms with Gasteiger partial charge in [-0.3, -0.25) is 5.10 Å². The molecule has 5 heteroatoms. The van der Waals surface area contributed by atoms with Crippen molar-refractivity contribution in [3.8, 4) is 11.5 Å². The van der Waals surface area contributed by atoms with E-state index in [2.05, 4.69) is 34.6 Å². The summed E-state index contributed by atoms with van der Waals surface area (Å²) in [5.41, 5.74) is 3.49. The van der Waals surface area contributed by atoms with Crippen LogP contribution in [0.2, 0.25) is 0 Å². The summed E-state index contributed by atoms with van der Waals surface area (Å²) in [6.45, 7) is 6.40. The first kappa shape index (κ1) is 13.9. The zero-order valence-corrected chi connectivity index (χ0v) is 12.5. The number of fused-ring (bicyclic) bond motifs is 1. The Bertz CT molecular complexity index is 609. The highest BCUT2D eigenvalue weighted by atomic mass is 16.5. The average Bonchev–Trinajstić information content (AvgIpc) is 2.76. The van der Waals surface area contributed by atoms with Crippen LogP contribution in [0.1, 0.15) is 36.2 Å². The van der Waals surface area contributed by atoms with E-state index in [9.17, 15) is 0 Å². The summed E-state index contributed by atoms with van der Waals surface area (Å²) in [6, 6.07) is 6.39. The molecule has 2 aromatic rings. The van der Waals surface area contributed by atoms with Gasteiger partial charge in [0, 0.05) is 30.3 Å². The van der Waals surface area contributed by atoms with Gasteiger partial charge < -0.3 is 14.8 Å². The number of benzene rings is 1. The van der Waals surface area contributed by atoms with Gasteiger partial charge in [-0.2, -0.15) is 5.10 Å². The lowest BCUT2D eigenvalue weighted by atomic mass is 10.1.